The van der Waals surface area contributed by atoms with Crippen LogP contribution in [0.15, 0.2) is 30.3 Å². The summed E-state index contributed by atoms with van der Waals surface area (Å²) in [6, 6.07) is 7.28. The maximum atomic E-state index is 13.7. The molecule has 110 valence electrons. The number of nitrogens with one attached hydrogen (secondary N) is 1. The zero-order chi connectivity index (χ0) is 15.6. The molecule has 0 saturated heterocycles. The minimum absolute atomic E-state index is 0.0390. The second-order valence-corrected chi connectivity index (χ2v) is 5.17. The molecule has 0 radical (unpaired) electrons. The fraction of sp³-hybridized carbons (Fsp3) is 0.133. The van der Waals surface area contributed by atoms with Gasteiger partial charge in [-0.1, -0.05) is 29.3 Å². The van der Waals surface area contributed by atoms with Crippen molar-refractivity contribution in [2.45, 2.75) is 6.92 Å². The highest BCUT2D eigenvalue weighted by molar-refractivity contribution is 6.34. The van der Waals surface area contributed by atoms with Crippen LogP contribution in [0.25, 0.3) is 0 Å². The van der Waals surface area contributed by atoms with E-state index < -0.39 is 11.7 Å². The molecule has 0 heterocycles. The summed E-state index contributed by atoms with van der Waals surface area (Å²) in [5.74, 6) is -0.964. The van der Waals surface area contributed by atoms with Gasteiger partial charge in [-0.2, -0.15) is 0 Å². The lowest BCUT2D eigenvalue weighted by molar-refractivity contribution is 0.102. The minimum Gasteiger partial charge on any atom is -0.495 e. The summed E-state index contributed by atoms with van der Waals surface area (Å²) in [7, 11) is 1.45. The minimum atomic E-state index is -0.690. The maximum absolute atomic E-state index is 13.7. The number of anilines is 1. The lowest BCUT2D eigenvalue weighted by Crippen LogP contribution is -2.15. The highest BCUT2D eigenvalue weighted by Crippen LogP contribution is 2.32. The van der Waals surface area contributed by atoms with Crippen molar-refractivity contribution in [3.63, 3.8) is 0 Å². The average Bonchev–Trinajstić information content (AvgIpc) is 2.42. The van der Waals surface area contributed by atoms with Gasteiger partial charge in [0.05, 0.1) is 23.4 Å². The van der Waals surface area contributed by atoms with Crippen molar-refractivity contribution in [3.8, 4) is 5.75 Å². The Morgan fingerprint density at radius 3 is 2.57 bits per heavy atom. The van der Waals surface area contributed by atoms with Gasteiger partial charge in [0.1, 0.15) is 11.6 Å². The summed E-state index contributed by atoms with van der Waals surface area (Å²) in [5.41, 5.74) is 0.935. The summed E-state index contributed by atoms with van der Waals surface area (Å²) < 4.78 is 18.9. The van der Waals surface area contributed by atoms with Gasteiger partial charge in [-0.15, -0.1) is 0 Å². The van der Waals surface area contributed by atoms with Crippen molar-refractivity contribution in [3.05, 3.63) is 57.3 Å². The summed E-state index contributed by atoms with van der Waals surface area (Å²) >= 11 is 11.9. The lowest BCUT2D eigenvalue weighted by Gasteiger charge is -2.13. The lowest BCUT2D eigenvalue weighted by atomic mass is 10.1. The second-order valence-electron chi connectivity index (χ2n) is 4.35. The van der Waals surface area contributed by atoms with E-state index in [1.807, 2.05) is 0 Å². The molecule has 0 bridgehead atoms. The highest BCUT2D eigenvalue weighted by atomic mass is 35.5. The molecule has 0 spiro atoms. The largest absolute Gasteiger partial charge is 0.495 e. The van der Waals surface area contributed by atoms with Crippen molar-refractivity contribution in [1.82, 2.24) is 0 Å². The topological polar surface area (TPSA) is 38.3 Å². The molecule has 1 amide bonds. The van der Waals surface area contributed by atoms with Crippen LogP contribution >= 0.6 is 23.2 Å². The molecule has 0 atom stereocenters. The molecule has 6 heteroatoms. The van der Waals surface area contributed by atoms with Gasteiger partial charge in [0.15, 0.2) is 0 Å². The summed E-state index contributed by atoms with van der Waals surface area (Å²) in [4.78, 5) is 12.2. The van der Waals surface area contributed by atoms with Gasteiger partial charge in [0, 0.05) is 11.1 Å². The number of carbonyl (C=O) groups is 1. The number of amides is 1. The number of benzene rings is 2. The van der Waals surface area contributed by atoms with E-state index in [1.54, 1.807) is 19.1 Å². The molecule has 2 aromatic carbocycles. The summed E-state index contributed by atoms with van der Waals surface area (Å²) in [5, 5.41) is 3.13. The van der Waals surface area contributed by atoms with Crippen molar-refractivity contribution >= 4 is 34.8 Å². The van der Waals surface area contributed by atoms with Crippen LogP contribution in [0.3, 0.4) is 0 Å². The van der Waals surface area contributed by atoms with Crippen molar-refractivity contribution in [2.24, 2.45) is 0 Å². The van der Waals surface area contributed by atoms with Gasteiger partial charge in [-0.05, 0) is 30.7 Å². The first-order chi connectivity index (χ1) is 9.93. The third kappa shape index (κ3) is 3.28. The fourth-order valence-electron chi connectivity index (χ4n) is 1.83. The molecular formula is C15H12Cl2FNO2. The number of methoxy groups -OCH3 is 1. The Morgan fingerprint density at radius 1 is 1.24 bits per heavy atom. The molecule has 2 rings (SSSR count). The SMILES string of the molecule is COc1cc(Cl)c(C)cc1NC(=O)c1c(F)cccc1Cl. The predicted molar refractivity (Wildman–Crippen MR) is 82.1 cm³/mol. The van der Waals surface area contributed by atoms with Gasteiger partial charge in [-0.3, -0.25) is 4.79 Å². The van der Waals surface area contributed by atoms with Gasteiger partial charge in [0.25, 0.3) is 5.91 Å². The van der Waals surface area contributed by atoms with Crippen molar-refractivity contribution in [1.29, 1.82) is 0 Å². The van der Waals surface area contributed by atoms with Gasteiger partial charge >= 0.3 is 0 Å². The molecule has 21 heavy (non-hydrogen) atoms. The van der Waals surface area contributed by atoms with Crippen LogP contribution in [0, 0.1) is 12.7 Å². The zero-order valence-corrected chi connectivity index (χ0v) is 12.8. The number of rotatable bonds is 3. The van der Waals surface area contributed by atoms with Crippen LogP contribution in [0.4, 0.5) is 10.1 Å². The molecule has 0 fully saturated rings. The van der Waals surface area contributed by atoms with E-state index in [4.69, 9.17) is 27.9 Å². The second kappa shape index (κ2) is 6.33. The van der Waals surface area contributed by atoms with Gasteiger partial charge in [-0.25, -0.2) is 4.39 Å². The first-order valence-corrected chi connectivity index (χ1v) is 6.79. The molecule has 0 aliphatic rings. The van der Waals surface area contributed by atoms with Gasteiger partial charge in [0.2, 0.25) is 0 Å². The Hall–Kier alpha value is -1.78. The fourth-order valence-corrected chi connectivity index (χ4v) is 2.23. The molecule has 1 N–H and O–H groups in total. The molecule has 0 saturated carbocycles. The van der Waals surface area contributed by atoms with Crippen LogP contribution in [0.1, 0.15) is 15.9 Å². The number of hydrogen-bond acceptors (Lipinski definition) is 2. The van der Waals surface area contributed by atoms with Crippen LogP contribution in [0.5, 0.6) is 5.75 Å². The van der Waals surface area contributed by atoms with Crippen molar-refractivity contribution in [2.75, 3.05) is 12.4 Å². The first-order valence-electron chi connectivity index (χ1n) is 6.03. The molecule has 0 aliphatic heterocycles. The van der Waals surface area contributed by atoms with E-state index in [9.17, 15) is 9.18 Å². The molecular weight excluding hydrogens is 316 g/mol. The Labute approximate surface area is 131 Å². The standard InChI is InChI=1S/C15H12Cl2FNO2/c1-8-6-12(13(21-2)7-10(8)17)19-15(20)14-9(16)4-3-5-11(14)18/h3-7H,1-2H3,(H,19,20). The Kier molecular flexibility index (Phi) is 4.70. The number of halogens is 3. The van der Waals surface area contributed by atoms with E-state index >= 15 is 0 Å². The smallest absolute Gasteiger partial charge is 0.260 e. The summed E-state index contributed by atoms with van der Waals surface area (Å²) in [6.45, 7) is 1.79. The Morgan fingerprint density at radius 2 is 1.95 bits per heavy atom. The summed E-state index contributed by atoms with van der Waals surface area (Å²) in [6.07, 6.45) is 0. The number of carbonyl (C=O) groups excluding carboxylic acids is 1. The van der Waals surface area contributed by atoms with Crippen molar-refractivity contribution < 1.29 is 13.9 Å². The van der Waals surface area contributed by atoms with E-state index in [-0.39, 0.29) is 10.6 Å². The van der Waals surface area contributed by atoms with E-state index in [0.29, 0.717) is 16.5 Å². The average molecular weight is 328 g/mol. The Balaban J connectivity index is 2.38. The van der Waals surface area contributed by atoms with E-state index in [2.05, 4.69) is 5.32 Å². The third-order valence-electron chi connectivity index (χ3n) is 2.92. The normalized spacial score (nSPS) is 10.3. The predicted octanol–water partition coefficient (Wildman–Crippen LogP) is 4.70. The molecule has 3 nitrogen and oxygen atoms in total. The van der Waals surface area contributed by atoms with E-state index in [0.717, 1.165) is 5.56 Å². The van der Waals surface area contributed by atoms with Crippen LogP contribution in [-0.2, 0) is 0 Å². The number of ether oxygens (including phenoxy) is 1. The first kappa shape index (κ1) is 15.6. The zero-order valence-electron chi connectivity index (χ0n) is 11.3. The monoisotopic (exact) mass is 327 g/mol. The Bertz CT molecular complexity index is 684. The van der Waals surface area contributed by atoms with Crippen LogP contribution in [0.2, 0.25) is 10.0 Å². The quantitative estimate of drug-likeness (QED) is 0.887. The molecule has 0 aromatic heterocycles. The van der Waals surface area contributed by atoms with Crippen LogP contribution < -0.4 is 10.1 Å². The highest BCUT2D eigenvalue weighted by Gasteiger charge is 2.18. The van der Waals surface area contributed by atoms with Crippen LogP contribution in [-0.4, -0.2) is 13.0 Å². The number of hydrogen-bond donors (Lipinski definition) is 1. The third-order valence-corrected chi connectivity index (χ3v) is 3.64. The molecule has 0 unspecified atom stereocenters. The van der Waals surface area contributed by atoms with Gasteiger partial charge < -0.3 is 10.1 Å². The number of aryl methyl sites for hydroxylation is 1. The molecule has 0 aliphatic carbocycles. The maximum Gasteiger partial charge on any atom is 0.260 e. The molecule has 2 aromatic rings. The van der Waals surface area contributed by atoms with E-state index in [1.165, 1.54) is 25.3 Å².